The standard InChI is InChI=1S/C12H25N3O3S/c1-12(2,11(13)14-16)5-3-6-15-7-4-9-19(17,18)10-8-15/h16H,3-10H2,1-2H3,(H2,13,14). The van der Waals surface area contributed by atoms with Gasteiger partial charge in [-0.3, -0.25) is 0 Å². The fraction of sp³-hybridized carbons (Fsp3) is 0.917. The minimum Gasteiger partial charge on any atom is -0.409 e. The highest BCUT2D eigenvalue weighted by atomic mass is 32.2. The number of oxime groups is 1. The van der Waals surface area contributed by atoms with Crippen LogP contribution in [0.15, 0.2) is 5.16 Å². The van der Waals surface area contributed by atoms with Crippen LogP contribution < -0.4 is 5.73 Å². The van der Waals surface area contributed by atoms with E-state index in [0.717, 1.165) is 25.9 Å². The Morgan fingerprint density at radius 1 is 1.37 bits per heavy atom. The molecule has 1 heterocycles. The molecule has 0 bridgehead atoms. The summed E-state index contributed by atoms with van der Waals surface area (Å²) in [4.78, 5) is 2.19. The molecule has 0 aromatic rings. The topological polar surface area (TPSA) is 96.0 Å². The van der Waals surface area contributed by atoms with Crippen LogP contribution in [0.3, 0.4) is 0 Å². The number of nitrogens with zero attached hydrogens (tertiary/aromatic N) is 2. The van der Waals surface area contributed by atoms with E-state index in [-0.39, 0.29) is 17.0 Å². The zero-order valence-electron chi connectivity index (χ0n) is 11.8. The van der Waals surface area contributed by atoms with E-state index in [9.17, 15) is 8.42 Å². The van der Waals surface area contributed by atoms with Crippen LogP contribution in [-0.4, -0.2) is 55.5 Å². The smallest absolute Gasteiger partial charge is 0.151 e. The molecule has 19 heavy (non-hydrogen) atoms. The van der Waals surface area contributed by atoms with Crippen molar-refractivity contribution in [3.8, 4) is 0 Å². The van der Waals surface area contributed by atoms with Crippen LogP contribution in [0.4, 0.5) is 0 Å². The molecule has 1 saturated heterocycles. The molecule has 6 nitrogen and oxygen atoms in total. The number of amidine groups is 1. The summed E-state index contributed by atoms with van der Waals surface area (Å²) in [5.41, 5.74) is 5.31. The maximum Gasteiger partial charge on any atom is 0.151 e. The second-order valence-electron chi connectivity index (χ2n) is 5.82. The fourth-order valence-electron chi connectivity index (χ4n) is 2.22. The Morgan fingerprint density at radius 3 is 2.68 bits per heavy atom. The lowest BCUT2D eigenvalue weighted by Crippen LogP contribution is -2.34. The molecule has 112 valence electrons. The Bertz CT molecular complexity index is 418. The minimum atomic E-state index is -2.84. The molecule has 7 heteroatoms. The molecular weight excluding hydrogens is 266 g/mol. The van der Waals surface area contributed by atoms with E-state index in [4.69, 9.17) is 10.9 Å². The van der Waals surface area contributed by atoms with Gasteiger partial charge in [0.2, 0.25) is 0 Å². The number of nitrogens with two attached hydrogens (primary N) is 1. The first kappa shape index (κ1) is 16.2. The Morgan fingerprint density at radius 2 is 2.05 bits per heavy atom. The highest BCUT2D eigenvalue weighted by Crippen LogP contribution is 2.22. The van der Waals surface area contributed by atoms with Crippen molar-refractivity contribution >= 4 is 15.7 Å². The van der Waals surface area contributed by atoms with Crippen LogP contribution in [0.1, 0.15) is 33.1 Å². The summed E-state index contributed by atoms with van der Waals surface area (Å²) in [6.45, 7) is 6.19. The normalized spacial score (nSPS) is 22.1. The number of hydrogen-bond donors (Lipinski definition) is 2. The monoisotopic (exact) mass is 291 g/mol. The molecule has 0 atom stereocenters. The van der Waals surface area contributed by atoms with E-state index in [2.05, 4.69) is 10.1 Å². The predicted molar refractivity (Wildman–Crippen MR) is 76.1 cm³/mol. The van der Waals surface area contributed by atoms with Crippen molar-refractivity contribution < 1.29 is 13.6 Å². The van der Waals surface area contributed by atoms with Crippen molar-refractivity contribution in [1.29, 1.82) is 0 Å². The summed E-state index contributed by atoms with van der Waals surface area (Å²) in [6.07, 6.45) is 2.43. The summed E-state index contributed by atoms with van der Waals surface area (Å²) < 4.78 is 23.0. The third-order valence-electron chi connectivity index (χ3n) is 3.73. The van der Waals surface area contributed by atoms with Gasteiger partial charge in [-0.15, -0.1) is 0 Å². The maximum atomic E-state index is 11.5. The van der Waals surface area contributed by atoms with Gasteiger partial charge in [0.1, 0.15) is 5.84 Å². The van der Waals surface area contributed by atoms with Gasteiger partial charge in [0.15, 0.2) is 9.84 Å². The number of hydrogen-bond acceptors (Lipinski definition) is 5. The minimum absolute atomic E-state index is 0.242. The third-order valence-corrected chi connectivity index (χ3v) is 5.44. The molecule has 0 spiro atoms. The van der Waals surface area contributed by atoms with E-state index in [1.54, 1.807) is 0 Å². The van der Waals surface area contributed by atoms with Crippen LogP contribution in [0.25, 0.3) is 0 Å². The van der Waals surface area contributed by atoms with Gasteiger partial charge in [0.25, 0.3) is 0 Å². The maximum absolute atomic E-state index is 11.5. The molecule has 1 aliphatic rings. The third kappa shape index (κ3) is 5.36. The lowest BCUT2D eigenvalue weighted by molar-refractivity contribution is 0.270. The van der Waals surface area contributed by atoms with Gasteiger partial charge in [0.05, 0.1) is 11.5 Å². The summed E-state index contributed by atoms with van der Waals surface area (Å²) in [6, 6.07) is 0. The van der Waals surface area contributed by atoms with E-state index < -0.39 is 9.84 Å². The Kier molecular flexibility index (Phi) is 5.61. The first-order chi connectivity index (χ1) is 8.77. The highest BCUT2D eigenvalue weighted by molar-refractivity contribution is 7.91. The Hall–Kier alpha value is -0.820. The molecule has 0 unspecified atom stereocenters. The SMILES string of the molecule is CC(C)(CCCN1CCCS(=O)(=O)CC1)C(N)=NO. The van der Waals surface area contributed by atoms with Crippen LogP contribution >= 0.6 is 0 Å². The van der Waals surface area contributed by atoms with Crippen LogP contribution in [0.5, 0.6) is 0 Å². The second-order valence-corrected chi connectivity index (χ2v) is 8.12. The average Bonchev–Trinajstić information content (AvgIpc) is 2.49. The van der Waals surface area contributed by atoms with Gasteiger partial charge < -0.3 is 15.8 Å². The van der Waals surface area contributed by atoms with Crippen molar-refractivity contribution in [2.75, 3.05) is 31.1 Å². The van der Waals surface area contributed by atoms with E-state index >= 15 is 0 Å². The molecule has 0 aromatic heterocycles. The summed E-state index contributed by atoms with van der Waals surface area (Å²) in [5.74, 6) is 0.807. The van der Waals surface area contributed by atoms with Crippen LogP contribution in [0.2, 0.25) is 0 Å². The van der Waals surface area contributed by atoms with E-state index in [0.29, 0.717) is 18.7 Å². The largest absolute Gasteiger partial charge is 0.409 e. The van der Waals surface area contributed by atoms with Gasteiger partial charge in [0, 0.05) is 12.0 Å². The number of rotatable bonds is 5. The number of sulfone groups is 1. The molecule has 0 aliphatic carbocycles. The average molecular weight is 291 g/mol. The van der Waals surface area contributed by atoms with Gasteiger partial charge in [-0.2, -0.15) is 0 Å². The van der Waals surface area contributed by atoms with E-state index in [1.165, 1.54) is 0 Å². The first-order valence-corrected chi connectivity index (χ1v) is 8.50. The van der Waals surface area contributed by atoms with Gasteiger partial charge in [-0.1, -0.05) is 19.0 Å². The highest BCUT2D eigenvalue weighted by Gasteiger charge is 2.24. The molecule has 0 saturated carbocycles. The van der Waals surface area contributed by atoms with E-state index in [1.807, 2.05) is 13.8 Å². The molecule has 0 aromatic carbocycles. The van der Waals surface area contributed by atoms with Crippen molar-refractivity contribution in [2.45, 2.75) is 33.1 Å². The second kappa shape index (κ2) is 6.56. The zero-order valence-corrected chi connectivity index (χ0v) is 12.6. The summed E-state index contributed by atoms with van der Waals surface area (Å²) in [5, 5.41) is 11.8. The molecule has 3 N–H and O–H groups in total. The predicted octanol–water partition coefficient (Wildman–Crippen LogP) is 0.660. The molecule has 1 fully saturated rings. The quantitative estimate of drug-likeness (QED) is 0.336. The van der Waals surface area contributed by atoms with Gasteiger partial charge in [-0.05, 0) is 32.4 Å². The van der Waals surface area contributed by atoms with Crippen LogP contribution in [-0.2, 0) is 9.84 Å². The lowest BCUT2D eigenvalue weighted by Gasteiger charge is -2.25. The van der Waals surface area contributed by atoms with Crippen molar-refractivity contribution in [2.24, 2.45) is 16.3 Å². The molecule has 1 aliphatic heterocycles. The van der Waals surface area contributed by atoms with Crippen molar-refractivity contribution in [3.63, 3.8) is 0 Å². The van der Waals surface area contributed by atoms with Gasteiger partial charge in [-0.25, -0.2) is 8.42 Å². The Balaban J connectivity index is 2.38. The lowest BCUT2D eigenvalue weighted by atomic mass is 9.86. The fourth-order valence-corrected chi connectivity index (χ4v) is 3.53. The Labute approximate surface area is 115 Å². The summed E-state index contributed by atoms with van der Waals surface area (Å²) >= 11 is 0. The molecule has 0 amide bonds. The molecular formula is C12H25N3O3S. The molecule has 1 rings (SSSR count). The van der Waals surface area contributed by atoms with Crippen molar-refractivity contribution in [1.82, 2.24) is 4.90 Å². The van der Waals surface area contributed by atoms with Crippen molar-refractivity contribution in [3.05, 3.63) is 0 Å². The van der Waals surface area contributed by atoms with Gasteiger partial charge >= 0.3 is 0 Å². The first-order valence-electron chi connectivity index (χ1n) is 6.68. The zero-order chi connectivity index (χ0) is 14.5. The van der Waals surface area contributed by atoms with Crippen LogP contribution in [0, 0.1) is 5.41 Å². The molecule has 0 radical (unpaired) electrons. The summed E-state index contributed by atoms with van der Waals surface area (Å²) in [7, 11) is -2.84.